The van der Waals surface area contributed by atoms with Gasteiger partial charge in [0.05, 0.1) is 18.8 Å². The van der Waals surface area contributed by atoms with E-state index in [0.717, 1.165) is 25.1 Å². The molecule has 1 aliphatic rings. The summed E-state index contributed by atoms with van der Waals surface area (Å²) in [6.07, 6.45) is 3.92. The maximum Gasteiger partial charge on any atom is 0.240 e. The Morgan fingerprint density at radius 1 is 1.65 bits per heavy atom. The summed E-state index contributed by atoms with van der Waals surface area (Å²) in [6.45, 7) is 3.61. The molecule has 0 bridgehead atoms. The van der Waals surface area contributed by atoms with Crippen molar-refractivity contribution in [1.82, 2.24) is 10.2 Å². The fraction of sp³-hybridized carbons (Fsp3) is 0.615. The van der Waals surface area contributed by atoms with Gasteiger partial charge in [0, 0.05) is 7.05 Å². The zero-order chi connectivity index (χ0) is 12.3. The van der Waals surface area contributed by atoms with Crippen molar-refractivity contribution >= 4 is 5.91 Å². The zero-order valence-electron chi connectivity index (χ0n) is 10.5. The van der Waals surface area contributed by atoms with Crippen LogP contribution in [0.1, 0.15) is 25.5 Å². The molecule has 1 aromatic rings. The molecule has 4 nitrogen and oxygen atoms in total. The molecule has 0 spiro atoms. The van der Waals surface area contributed by atoms with E-state index in [-0.39, 0.29) is 11.9 Å². The molecule has 2 rings (SSSR count). The molecule has 1 aliphatic heterocycles. The number of likely N-dealkylation sites (N-methyl/N-ethyl adjacent to an activating group) is 1. The van der Waals surface area contributed by atoms with Gasteiger partial charge in [-0.25, -0.2) is 0 Å². The molecule has 0 radical (unpaired) electrons. The highest BCUT2D eigenvalue weighted by molar-refractivity contribution is 5.82. The van der Waals surface area contributed by atoms with E-state index in [4.69, 9.17) is 4.42 Å². The van der Waals surface area contributed by atoms with Crippen LogP contribution in [0.25, 0.3) is 0 Å². The first kappa shape index (κ1) is 12.2. The number of furan rings is 1. The lowest BCUT2D eigenvalue weighted by atomic mass is 9.92. The van der Waals surface area contributed by atoms with Crippen molar-refractivity contribution in [2.24, 2.45) is 5.92 Å². The van der Waals surface area contributed by atoms with Crippen molar-refractivity contribution in [1.29, 1.82) is 0 Å². The fourth-order valence-electron chi connectivity index (χ4n) is 2.33. The Kier molecular flexibility index (Phi) is 3.84. The van der Waals surface area contributed by atoms with Crippen molar-refractivity contribution < 1.29 is 9.21 Å². The summed E-state index contributed by atoms with van der Waals surface area (Å²) in [7, 11) is 1.83. The Bertz CT molecular complexity index is 362. The number of nitrogens with zero attached hydrogens (tertiary/aromatic N) is 1. The van der Waals surface area contributed by atoms with Crippen LogP contribution in [0.3, 0.4) is 0 Å². The van der Waals surface area contributed by atoms with E-state index in [1.807, 2.05) is 19.2 Å². The molecule has 2 unspecified atom stereocenters. The predicted octanol–water partition coefficient (Wildman–Crippen LogP) is 1.63. The lowest BCUT2D eigenvalue weighted by Gasteiger charge is -2.31. The molecule has 1 fully saturated rings. The van der Waals surface area contributed by atoms with Crippen LogP contribution >= 0.6 is 0 Å². The van der Waals surface area contributed by atoms with Gasteiger partial charge in [-0.3, -0.25) is 4.79 Å². The van der Waals surface area contributed by atoms with Gasteiger partial charge in [0.15, 0.2) is 0 Å². The number of hydrogen-bond acceptors (Lipinski definition) is 3. The maximum absolute atomic E-state index is 12.3. The topological polar surface area (TPSA) is 45.5 Å². The van der Waals surface area contributed by atoms with E-state index < -0.39 is 0 Å². The molecule has 2 atom stereocenters. The number of carbonyl (C=O) groups excluding carboxylic acids is 1. The second-order valence-electron chi connectivity index (χ2n) is 4.82. The van der Waals surface area contributed by atoms with E-state index in [9.17, 15) is 4.79 Å². The second kappa shape index (κ2) is 5.36. The molecule has 1 N–H and O–H groups in total. The van der Waals surface area contributed by atoms with Crippen molar-refractivity contribution in [3.05, 3.63) is 24.2 Å². The molecule has 1 aromatic heterocycles. The van der Waals surface area contributed by atoms with Crippen LogP contribution in [0.2, 0.25) is 0 Å². The molecule has 0 saturated carbocycles. The summed E-state index contributed by atoms with van der Waals surface area (Å²) in [5.41, 5.74) is 0. The summed E-state index contributed by atoms with van der Waals surface area (Å²) in [6, 6.07) is 3.69. The Morgan fingerprint density at radius 3 is 3.12 bits per heavy atom. The minimum absolute atomic E-state index is 0.0382. The first-order valence-electron chi connectivity index (χ1n) is 6.19. The molecular formula is C13H20N2O2. The van der Waals surface area contributed by atoms with Gasteiger partial charge in [-0.1, -0.05) is 6.92 Å². The van der Waals surface area contributed by atoms with Gasteiger partial charge in [-0.2, -0.15) is 0 Å². The zero-order valence-corrected chi connectivity index (χ0v) is 10.5. The Morgan fingerprint density at radius 2 is 2.47 bits per heavy atom. The number of carbonyl (C=O) groups is 1. The average Bonchev–Trinajstić information content (AvgIpc) is 2.81. The Labute approximate surface area is 102 Å². The molecule has 2 heterocycles. The maximum atomic E-state index is 12.3. The highest BCUT2D eigenvalue weighted by atomic mass is 16.3. The number of rotatable bonds is 3. The molecule has 4 heteroatoms. The fourth-order valence-corrected chi connectivity index (χ4v) is 2.33. The van der Waals surface area contributed by atoms with E-state index in [2.05, 4.69) is 12.2 Å². The first-order valence-corrected chi connectivity index (χ1v) is 6.19. The van der Waals surface area contributed by atoms with E-state index in [0.29, 0.717) is 12.5 Å². The molecule has 0 aromatic carbocycles. The summed E-state index contributed by atoms with van der Waals surface area (Å²) < 4.78 is 5.25. The summed E-state index contributed by atoms with van der Waals surface area (Å²) in [4.78, 5) is 14.0. The van der Waals surface area contributed by atoms with Crippen LogP contribution < -0.4 is 5.32 Å². The highest BCUT2D eigenvalue weighted by Crippen LogP contribution is 2.17. The molecule has 1 saturated heterocycles. The van der Waals surface area contributed by atoms with Crippen molar-refractivity contribution in [2.75, 3.05) is 13.6 Å². The SMILES string of the molecule is CC1CCCNC1C(=O)N(C)Cc1ccco1. The van der Waals surface area contributed by atoms with E-state index in [1.165, 1.54) is 0 Å². The van der Waals surface area contributed by atoms with Gasteiger partial charge in [0.1, 0.15) is 5.76 Å². The summed E-state index contributed by atoms with van der Waals surface area (Å²) in [5, 5.41) is 3.31. The first-order chi connectivity index (χ1) is 8.18. The van der Waals surface area contributed by atoms with Crippen LogP contribution in [-0.4, -0.2) is 30.4 Å². The lowest BCUT2D eigenvalue weighted by Crippen LogP contribution is -2.51. The van der Waals surface area contributed by atoms with Crippen LogP contribution in [-0.2, 0) is 11.3 Å². The third-order valence-corrected chi connectivity index (χ3v) is 3.38. The average molecular weight is 236 g/mol. The largest absolute Gasteiger partial charge is 0.467 e. The van der Waals surface area contributed by atoms with Crippen LogP contribution in [0, 0.1) is 5.92 Å². The van der Waals surface area contributed by atoms with Crippen molar-refractivity contribution in [3.8, 4) is 0 Å². The quantitative estimate of drug-likeness (QED) is 0.867. The van der Waals surface area contributed by atoms with Gasteiger partial charge in [-0.05, 0) is 37.4 Å². The van der Waals surface area contributed by atoms with Gasteiger partial charge in [0.2, 0.25) is 5.91 Å². The monoisotopic (exact) mass is 236 g/mol. The smallest absolute Gasteiger partial charge is 0.240 e. The normalized spacial score (nSPS) is 24.6. The Hall–Kier alpha value is -1.29. The van der Waals surface area contributed by atoms with Gasteiger partial charge >= 0.3 is 0 Å². The molecule has 0 aliphatic carbocycles. The molecule has 17 heavy (non-hydrogen) atoms. The van der Waals surface area contributed by atoms with Crippen molar-refractivity contribution in [3.63, 3.8) is 0 Å². The van der Waals surface area contributed by atoms with Crippen LogP contribution in [0.4, 0.5) is 0 Å². The number of hydrogen-bond donors (Lipinski definition) is 1. The Balaban J connectivity index is 1.94. The third kappa shape index (κ3) is 2.88. The summed E-state index contributed by atoms with van der Waals surface area (Å²) >= 11 is 0. The predicted molar refractivity (Wildman–Crippen MR) is 65.4 cm³/mol. The number of nitrogens with one attached hydrogen (secondary N) is 1. The number of amides is 1. The number of piperidine rings is 1. The van der Waals surface area contributed by atoms with Crippen LogP contribution in [0.15, 0.2) is 22.8 Å². The standard InChI is InChI=1S/C13H20N2O2/c1-10-5-3-7-14-12(10)13(16)15(2)9-11-6-4-8-17-11/h4,6,8,10,12,14H,3,5,7,9H2,1-2H3. The summed E-state index contributed by atoms with van der Waals surface area (Å²) in [5.74, 6) is 1.40. The minimum atomic E-state index is -0.0382. The molecule has 1 amide bonds. The lowest BCUT2D eigenvalue weighted by molar-refractivity contribution is -0.134. The van der Waals surface area contributed by atoms with E-state index >= 15 is 0 Å². The van der Waals surface area contributed by atoms with Crippen LogP contribution in [0.5, 0.6) is 0 Å². The highest BCUT2D eigenvalue weighted by Gasteiger charge is 2.29. The van der Waals surface area contributed by atoms with Crippen molar-refractivity contribution in [2.45, 2.75) is 32.4 Å². The third-order valence-electron chi connectivity index (χ3n) is 3.38. The minimum Gasteiger partial charge on any atom is -0.467 e. The molecule has 94 valence electrons. The van der Waals surface area contributed by atoms with E-state index in [1.54, 1.807) is 11.2 Å². The van der Waals surface area contributed by atoms with Gasteiger partial charge in [-0.15, -0.1) is 0 Å². The molecular weight excluding hydrogens is 216 g/mol. The van der Waals surface area contributed by atoms with Gasteiger partial charge in [0.25, 0.3) is 0 Å². The second-order valence-corrected chi connectivity index (χ2v) is 4.82. The van der Waals surface area contributed by atoms with Gasteiger partial charge < -0.3 is 14.6 Å².